The van der Waals surface area contributed by atoms with E-state index in [4.69, 9.17) is 10.00 Å². The Balaban J connectivity index is 1.67. The minimum atomic E-state index is -0.256. The first-order chi connectivity index (χ1) is 11.2. The van der Waals surface area contributed by atoms with Gasteiger partial charge in [-0.1, -0.05) is 12.1 Å². The summed E-state index contributed by atoms with van der Waals surface area (Å²) in [5, 5.41) is 14.4. The highest BCUT2D eigenvalue weighted by Gasteiger charge is 2.16. The second kappa shape index (κ2) is 6.20. The van der Waals surface area contributed by atoms with Crippen LogP contribution in [0.1, 0.15) is 21.5 Å². The van der Waals surface area contributed by atoms with Gasteiger partial charge in [0.25, 0.3) is 11.8 Å². The van der Waals surface area contributed by atoms with E-state index in [1.54, 1.807) is 42.5 Å². The van der Waals surface area contributed by atoms with E-state index in [-0.39, 0.29) is 18.4 Å². The Kier molecular flexibility index (Phi) is 3.93. The molecule has 0 spiro atoms. The maximum Gasteiger partial charge on any atom is 0.262 e. The fourth-order valence-electron chi connectivity index (χ4n) is 2.24. The van der Waals surface area contributed by atoms with Gasteiger partial charge >= 0.3 is 0 Å². The number of carbonyl (C=O) groups excluding carboxylic acids is 2. The standard InChI is InChI=1S/C17H13N3O3/c18-8-11-2-1-3-13(6-11)17(22)19-9-12-4-5-14-15(7-12)23-10-16(21)20-14/h1-7H,9-10H2,(H,19,22)(H,20,21). The second-order valence-corrected chi connectivity index (χ2v) is 5.04. The molecule has 1 aliphatic rings. The molecule has 0 aromatic heterocycles. The van der Waals surface area contributed by atoms with Gasteiger partial charge in [0.2, 0.25) is 0 Å². The van der Waals surface area contributed by atoms with Crippen LogP contribution in [0.5, 0.6) is 5.75 Å². The van der Waals surface area contributed by atoms with Crippen molar-refractivity contribution < 1.29 is 14.3 Å². The molecule has 2 amide bonds. The van der Waals surface area contributed by atoms with Gasteiger partial charge < -0.3 is 15.4 Å². The molecule has 0 saturated heterocycles. The van der Waals surface area contributed by atoms with Gasteiger partial charge in [-0.25, -0.2) is 0 Å². The first kappa shape index (κ1) is 14.6. The molecule has 0 aliphatic carbocycles. The molecule has 2 aromatic rings. The van der Waals surface area contributed by atoms with Crippen LogP contribution in [0.15, 0.2) is 42.5 Å². The van der Waals surface area contributed by atoms with Crippen molar-refractivity contribution in [1.82, 2.24) is 5.32 Å². The highest BCUT2D eigenvalue weighted by Crippen LogP contribution is 2.28. The van der Waals surface area contributed by atoms with Crippen molar-refractivity contribution in [3.05, 3.63) is 59.2 Å². The minimum Gasteiger partial charge on any atom is -0.482 e. The quantitative estimate of drug-likeness (QED) is 0.905. The number of hydrogen-bond donors (Lipinski definition) is 2. The summed E-state index contributed by atoms with van der Waals surface area (Å²) in [6, 6.07) is 13.8. The number of ether oxygens (including phenoxy) is 1. The van der Waals surface area contributed by atoms with Gasteiger partial charge in [-0.05, 0) is 35.9 Å². The van der Waals surface area contributed by atoms with E-state index < -0.39 is 0 Å². The van der Waals surface area contributed by atoms with E-state index in [0.29, 0.717) is 29.1 Å². The number of nitrogens with zero attached hydrogens (tertiary/aromatic N) is 1. The van der Waals surface area contributed by atoms with Crippen LogP contribution in [-0.4, -0.2) is 18.4 Å². The average Bonchev–Trinajstić information content (AvgIpc) is 2.59. The smallest absolute Gasteiger partial charge is 0.262 e. The van der Waals surface area contributed by atoms with Crippen molar-refractivity contribution in [3.8, 4) is 11.8 Å². The SMILES string of the molecule is N#Cc1cccc(C(=O)NCc2ccc3c(c2)OCC(=O)N3)c1. The summed E-state index contributed by atoms with van der Waals surface area (Å²) < 4.78 is 5.34. The molecule has 0 fully saturated rings. The molecule has 6 nitrogen and oxygen atoms in total. The fraction of sp³-hybridized carbons (Fsp3) is 0.118. The summed E-state index contributed by atoms with van der Waals surface area (Å²) in [6.45, 7) is 0.309. The molecule has 23 heavy (non-hydrogen) atoms. The Bertz CT molecular complexity index is 824. The molecule has 6 heteroatoms. The number of amides is 2. The topological polar surface area (TPSA) is 91.2 Å². The van der Waals surface area contributed by atoms with Crippen molar-refractivity contribution in [3.63, 3.8) is 0 Å². The van der Waals surface area contributed by atoms with Gasteiger partial charge in [-0.3, -0.25) is 9.59 Å². The number of benzene rings is 2. The van der Waals surface area contributed by atoms with E-state index in [9.17, 15) is 9.59 Å². The zero-order valence-electron chi connectivity index (χ0n) is 12.1. The molecule has 0 saturated carbocycles. The number of fused-ring (bicyclic) bond motifs is 1. The van der Waals surface area contributed by atoms with Gasteiger partial charge in [-0.15, -0.1) is 0 Å². The summed E-state index contributed by atoms with van der Waals surface area (Å²) in [6.07, 6.45) is 0. The van der Waals surface area contributed by atoms with Crippen molar-refractivity contribution in [2.75, 3.05) is 11.9 Å². The lowest BCUT2D eigenvalue weighted by Crippen LogP contribution is -2.26. The van der Waals surface area contributed by atoms with Gasteiger partial charge in [0.05, 0.1) is 17.3 Å². The summed E-state index contributed by atoms with van der Waals surface area (Å²) in [4.78, 5) is 23.3. The lowest BCUT2D eigenvalue weighted by Gasteiger charge is -2.18. The number of carbonyl (C=O) groups is 2. The van der Waals surface area contributed by atoms with Crippen molar-refractivity contribution in [2.45, 2.75) is 6.54 Å². The van der Waals surface area contributed by atoms with Gasteiger partial charge in [0, 0.05) is 12.1 Å². The Morgan fingerprint density at radius 3 is 3.00 bits per heavy atom. The molecule has 0 unspecified atom stereocenters. The Hall–Kier alpha value is -3.33. The molecule has 2 aromatic carbocycles. The van der Waals surface area contributed by atoms with Crippen LogP contribution in [0, 0.1) is 11.3 Å². The molecule has 1 heterocycles. The zero-order chi connectivity index (χ0) is 16.2. The first-order valence-electron chi connectivity index (χ1n) is 6.99. The molecule has 3 rings (SSSR count). The maximum atomic E-state index is 12.1. The van der Waals surface area contributed by atoms with E-state index in [0.717, 1.165) is 5.56 Å². The molecular weight excluding hydrogens is 294 g/mol. The lowest BCUT2D eigenvalue weighted by molar-refractivity contribution is -0.118. The third kappa shape index (κ3) is 3.30. The fourth-order valence-corrected chi connectivity index (χ4v) is 2.24. The number of nitriles is 1. The zero-order valence-corrected chi connectivity index (χ0v) is 12.1. The van der Waals surface area contributed by atoms with Gasteiger partial charge in [0.15, 0.2) is 6.61 Å². The first-order valence-corrected chi connectivity index (χ1v) is 6.99. The van der Waals surface area contributed by atoms with Crippen LogP contribution in [0.4, 0.5) is 5.69 Å². The summed E-state index contributed by atoms with van der Waals surface area (Å²) in [7, 11) is 0. The monoisotopic (exact) mass is 307 g/mol. The molecule has 0 atom stereocenters. The van der Waals surface area contributed by atoms with Gasteiger partial charge in [-0.2, -0.15) is 5.26 Å². The van der Waals surface area contributed by atoms with Gasteiger partial charge in [0.1, 0.15) is 5.75 Å². The summed E-state index contributed by atoms with van der Waals surface area (Å²) in [5.74, 6) is 0.146. The van der Waals surface area contributed by atoms with Crippen LogP contribution in [0.3, 0.4) is 0 Å². The van der Waals surface area contributed by atoms with E-state index in [1.165, 1.54) is 0 Å². The lowest BCUT2D eigenvalue weighted by atomic mass is 10.1. The number of nitrogens with one attached hydrogen (secondary N) is 2. The molecule has 2 N–H and O–H groups in total. The third-order valence-electron chi connectivity index (χ3n) is 3.39. The number of hydrogen-bond acceptors (Lipinski definition) is 4. The molecule has 114 valence electrons. The summed E-state index contributed by atoms with van der Waals surface area (Å²) >= 11 is 0. The van der Waals surface area contributed by atoms with E-state index in [1.807, 2.05) is 6.07 Å². The number of anilines is 1. The van der Waals surface area contributed by atoms with Crippen LogP contribution < -0.4 is 15.4 Å². The minimum absolute atomic E-state index is 0.0102. The Morgan fingerprint density at radius 1 is 1.30 bits per heavy atom. The Labute approximate surface area is 132 Å². The van der Waals surface area contributed by atoms with Crippen LogP contribution in [-0.2, 0) is 11.3 Å². The number of rotatable bonds is 3. The largest absolute Gasteiger partial charge is 0.482 e. The van der Waals surface area contributed by atoms with E-state index in [2.05, 4.69) is 10.6 Å². The predicted molar refractivity (Wildman–Crippen MR) is 82.9 cm³/mol. The van der Waals surface area contributed by atoms with Crippen molar-refractivity contribution in [1.29, 1.82) is 5.26 Å². The highest BCUT2D eigenvalue weighted by atomic mass is 16.5. The average molecular weight is 307 g/mol. The highest BCUT2D eigenvalue weighted by molar-refractivity contribution is 5.95. The Morgan fingerprint density at radius 2 is 2.17 bits per heavy atom. The molecule has 0 radical (unpaired) electrons. The van der Waals surface area contributed by atoms with Crippen molar-refractivity contribution in [2.24, 2.45) is 0 Å². The molecule has 1 aliphatic heterocycles. The van der Waals surface area contributed by atoms with Crippen molar-refractivity contribution >= 4 is 17.5 Å². The van der Waals surface area contributed by atoms with E-state index >= 15 is 0 Å². The second-order valence-electron chi connectivity index (χ2n) is 5.04. The summed E-state index contributed by atoms with van der Waals surface area (Å²) in [5.41, 5.74) is 2.35. The maximum absolute atomic E-state index is 12.1. The molecular formula is C17H13N3O3. The van der Waals surface area contributed by atoms with Crippen LogP contribution in [0.2, 0.25) is 0 Å². The molecule has 0 bridgehead atoms. The normalized spacial score (nSPS) is 12.4. The third-order valence-corrected chi connectivity index (χ3v) is 3.39. The van der Waals surface area contributed by atoms with Crippen LogP contribution in [0.25, 0.3) is 0 Å². The van der Waals surface area contributed by atoms with Crippen LogP contribution >= 0.6 is 0 Å². The predicted octanol–water partition coefficient (Wildman–Crippen LogP) is 1.82.